The lowest BCUT2D eigenvalue weighted by Gasteiger charge is -2.34. The fourth-order valence-corrected chi connectivity index (χ4v) is 12.0. The topological polar surface area (TPSA) is 3.24 Å². The van der Waals surface area contributed by atoms with Gasteiger partial charge < -0.3 is 4.90 Å². The van der Waals surface area contributed by atoms with Gasteiger partial charge in [0.2, 0.25) is 0 Å². The monoisotopic (exact) mass is 843 g/mol. The van der Waals surface area contributed by atoms with Crippen LogP contribution in [0.5, 0.6) is 0 Å². The highest BCUT2D eigenvalue weighted by molar-refractivity contribution is 7.26. The number of hydrogen-bond donors (Lipinski definition) is 0. The van der Waals surface area contributed by atoms with Gasteiger partial charge >= 0.3 is 0 Å². The van der Waals surface area contributed by atoms with Crippen LogP contribution in [0.2, 0.25) is 0 Å². The van der Waals surface area contributed by atoms with Crippen molar-refractivity contribution in [3.05, 3.63) is 271 Å². The molecule has 12 aromatic rings. The molecule has 0 radical (unpaired) electrons. The summed E-state index contributed by atoms with van der Waals surface area (Å²) in [5.41, 5.74) is 15.4. The van der Waals surface area contributed by atoms with Crippen LogP contribution in [0.1, 0.15) is 22.3 Å². The van der Waals surface area contributed by atoms with Crippen molar-refractivity contribution >= 4 is 70.1 Å². The minimum absolute atomic E-state index is 0.509. The van der Waals surface area contributed by atoms with E-state index in [2.05, 4.69) is 254 Å². The van der Waals surface area contributed by atoms with Gasteiger partial charge in [0, 0.05) is 26.7 Å². The van der Waals surface area contributed by atoms with Crippen LogP contribution in [-0.2, 0) is 5.41 Å². The van der Waals surface area contributed by atoms with Gasteiger partial charge in [0.25, 0.3) is 0 Å². The van der Waals surface area contributed by atoms with Crippen molar-refractivity contribution in [1.82, 2.24) is 0 Å². The fourth-order valence-electron chi connectivity index (χ4n) is 10.8. The van der Waals surface area contributed by atoms with E-state index in [9.17, 15) is 0 Å². The fraction of sp³-hybridized carbons (Fsp3) is 0.0159. The number of nitrogens with zero attached hydrogens (tertiary/aromatic N) is 1. The Kier molecular flexibility index (Phi) is 8.69. The van der Waals surface area contributed by atoms with Crippen molar-refractivity contribution in [2.24, 2.45) is 0 Å². The highest BCUT2D eigenvalue weighted by atomic mass is 32.1. The first-order valence-electron chi connectivity index (χ1n) is 22.4. The minimum atomic E-state index is -0.509. The predicted molar refractivity (Wildman–Crippen MR) is 277 cm³/mol. The zero-order valence-electron chi connectivity index (χ0n) is 35.5. The van der Waals surface area contributed by atoms with Gasteiger partial charge in [0.1, 0.15) is 0 Å². The van der Waals surface area contributed by atoms with E-state index in [4.69, 9.17) is 0 Å². The Bertz CT molecular complexity index is 3730. The molecule has 0 fully saturated rings. The number of rotatable bonds is 7. The lowest BCUT2D eigenvalue weighted by molar-refractivity contribution is 0.768. The second-order valence-electron chi connectivity index (χ2n) is 17.2. The molecule has 65 heavy (non-hydrogen) atoms. The van der Waals surface area contributed by atoms with Crippen LogP contribution in [0.3, 0.4) is 0 Å². The van der Waals surface area contributed by atoms with E-state index >= 15 is 0 Å². The van der Waals surface area contributed by atoms with Crippen LogP contribution in [0.15, 0.2) is 249 Å². The molecule has 0 saturated heterocycles. The minimum Gasteiger partial charge on any atom is -0.308 e. The van der Waals surface area contributed by atoms with Crippen molar-refractivity contribution < 1.29 is 0 Å². The highest BCUT2D eigenvalue weighted by Crippen LogP contribution is 2.60. The summed E-state index contributed by atoms with van der Waals surface area (Å²) < 4.78 is 2.57. The molecule has 1 aliphatic rings. The molecule has 0 spiro atoms. The van der Waals surface area contributed by atoms with Crippen LogP contribution < -0.4 is 4.90 Å². The maximum Gasteiger partial charge on any atom is 0.0714 e. The zero-order chi connectivity index (χ0) is 42.9. The van der Waals surface area contributed by atoms with Crippen LogP contribution in [-0.4, -0.2) is 0 Å². The van der Waals surface area contributed by atoms with Gasteiger partial charge in [0.15, 0.2) is 0 Å². The maximum atomic E-state index is 2.53. The third kappa shape index (κ3) is 5.85. The molecular weight excluding hydrogens is 803 g/mol. The normalized spacial score (nSPS) is 12.7. The van der Waals surface area contributed by atoms with E-state index in [-0.39, 0.29) is 0 Å². The Balaban J connectivity index is 1.02. The average Bonchev–Trinajstić information content (AvgIpc) is 3.92. The number of fused-ring (bicyclic) bond motifs is 8. The smallest absolute Gasteiger partial charge is 0.0714 e. The predicted octanol–water partition coefficient (Wildman–Crippen LogP) is 17.5. The molecule has 0 unspecified atom stereocenters. The Morgan fingerprint density at radius 3 is 1.75 bits per heavy atom. The zero-order valence-corrected chi connectivity index (χ0v) is 36.3. The number of benzene rings is 11. The first-order chi connectivity index (χ1) is 32.2. The van der Waals surface area contributed by atoms with E-state index in [1.54, 1.807) is 0 Å². The number of anilines is 3. The molecule has 0 aliphatic heterocycles. The summed E-state index contributed by atoms with van der Waals surface area (Å²) >= 11 is 1.88. The summed E-state index contributed by atoms with van der Waals surface area (Å²) in [5, 5.41) is 7.56. The van der Waals surface area contributed by atoms with E-state index in [1.807, 2.05) is 11.3 Å². The summed E-state index contributed by atoms with van der Waals surface area (Å²) in [6, 6.07) is 92.1. The van der Waals surface area contributed by atoms with Crippen LogP contribution in [0.4, 0.5) is 17.1 Å². The van der Waals surface area contributed by atoms with Crippen LogP contribution >= 0.6 is 11.3 Å². The van der Waals surface area contributed by atoms with E-state index in [0.29, 0.717) is 0 Å². The summed E-state index contributed by atoms with van der Waals surface area (Å²) in [4.78, 5) is 2.53. The van der Waals surface area contributed by atoms with Crippen LogP contribution in [0, 0.1) is 0 Å². The summed E-state index contributed by atoms with van der Waals surface area (Å²) in [5.74, 6) is 0. The Morgan fingerprint density at radius 1 is 0.338 bits per heavy atom. The van der Waals surface area contributed by atoms with Gasteiger partial charge in [-0.1, -0.05) is 206 Å². The second-order valence-corrected chi connectivity index (χ2v) is 18.2. The molecule has 0 amide bonds. The standard InChI is InChI=1S/C63H41NS/c1-3-19-48(20-4-1)63(49-21-5-2-6-22-49)56-27-11-9-24-54(56)61-57(63)28-15-29-58(61)64(59-30-14-26-53-52-23-10-12-31-60(52)65-62(53)59)50-38-36-43(37-39-50)46-34-33-44-18-13-25-51(55(44)41-46)47-35-32-42-16-7-8-17-45(42)40-47/h1-41H. The third-order valence-electron chi connectivity index (χ3n) is 13.7. The average molecular weight is 844 g/mol. The van der Waals surface area contributed by atoms with Crippen LogP contribution in [0.25, 0.3) is 75.1 Å². The van der Waals surface area contributed by atoms with Crippen molar-refractivity contribution in [3.8, 4) is 33.4 Å². The van der Waals surface area contributed by atoms with E-state index in [0.717, 1.165) is 11.4 Å². The van der Waals surface area contributed by atoms with Crippen molar-refractivity contribution in [1.29, 1.82) is 0 Å². The van der Waals surface area contributed by atoms with Crippen molar-refractivity contribution in [2.75, 3.05) is 4.90 Å². The van der Waals surface area contributed by atoms with Gasteiger partial charge in [-0.05, 0) is 114 Å². The van der Waals surface area contributed by atoms with Gasteiger partial charge in [-0.25, -0.2) is 0 Å². The van der Waals surface area contributed by atoms with Gasteiger partial charge in [-0.3, -0.25) is 0 Å². The van der Waals surface area contributed by atoms with Crippen molar-refractivity contribution in [2.45, 2.75) is 5.41 Å². The molecule has 11 aromatic carbocycles. The third-order valence-corrected chi connectivity index (χ3v) is 14.9. The first kappa shape index (κ1) is 37.5. The molecule has 1 aliphatic carbocycles. The molecule has 0 bridgehead atoms. The number of hydrogen-bond acceptors (Lipinski definition) is 2. The quantitative estimate of drug-likeness (QED) is 0.154. The van der Waals surface area contributed by atoms with Gasteiger partial charge in [-0.2, -0.15) is 0 Å². The van der Waals surface area contributed by atoms with Gasteiger partial charge in [0.05, 0.1) is 21.5 Å². The molecule has 2 heteroatoms. The molecule has 1 aromatic heterocycles. The lowest BCUT2D eigenvalue weighted by Crippen LogP contribution is -2.28. The first-order valence-corrected chi connectivity index (χ1v) is 23.2. The van der Waals surface area contributed by atoms with E-state index in [1.165, 1.54) is 103 Å². The lowest BCUT2D eigenvalue weighted by atomic mass is 9.68. The molecule has 0 saturated carbocycles. The second kappa shape index (κ2) is 15.1. The SMILES string of the molecule is c1ccc(C2(c3ccccc3)c3ccccc3-c3c(N(c4ccc(-c5ccc6cccc(-c7ccc8ccccc8c7)c6c5)cc4)c4cccc5c4sc4ccccc45)cccc32)cc1. The molecule has 13 rings (SSSR count). The highest BCUT2D eigenvalue weighted by Gasteiger charge is 2.47. The summed E-state index contributed by atoms with van der Waals surface area (Å²) in [7, 11) is 0. The Hall–Kier alpha value is -8.04. The Labute approximate surface area is 382 Å². The van der Waals surface area contributed by atoms with Crippen molar-refractivity contribution in [3.63, 3.8) is 0 Å². The molecule has 304 valence electrons. The molecule has 0 N–H and O–H groups in total. The molecule has 1 nitrogen and oxygen atoms in total. The Morgan fingerprint density at radius 2 is 0.923 bits per heavy atom. The van der Waals surface area contributed by atoms with Gasteiger partial charge in [-0.15, -0.1) is 11.3 Å². The maximum absolute atomic E-state index is 2.53. The summed E-state index contributed by atoms with van der Waals surface area (Å²) in [6.45, 7) is 0. The van der Waals surface area contributed by atoms with E-state index < -0.39 is 5.41 Å². The molecular formula is C63H41NS. The molecule has 0 atom stereocenters. The molecule has 1 heterocycles. The number of thiophene rings is 1. The summed E-state index contributed by atoms with van der Waals surface area (Å²) in [6.07, 6.45) is 0. The largest absolute Gasteiger partial charge is 0.308 e.